The number of benzene rings is 2. The van der Waals surface area contributed by atoms with Gasteiger partial charge in [-0.25, -0.2) is 0 Å². The van der Waals surface area contributed by atoms with Gasteiger partial charge in [0.25, 0.3) is 5.91 Å². The van der Waals surface area contributed by atoms with Gasteiger partial charge in [0, 0.05) is 6.54 Å². The molecule has 0 saturated carbocycles. The van der Waals surface area contributed by atoms with Crippen LogP contribution in [0, 0.1) is 13.8 Å². The molecule has 1 aliphatic rings. The van der Waals surface area contributed by atoms with Crippen LogP contribution in [-0.2, 0) is 0 Å². The topological polar surface area (TPSA) is 59.8 Å². The Hall–Kier alpha value is -3.08. The fourth-order valence-corrected chi connectivity index (χ4v) is 4.55. The maximum absolute atomic E-state index is 13.7. The highest BCUT2D eigenvalue weighted by Gasteiger charge is 2.42. The minimum absolute atomic E-state index is 0.115. The van der Waals surface area contributed by atoms with Crippen molar-refractivity contribution in [2.24, 2.45) is 0 Å². The summed E-state index contributed by atoms with van der Waals surface area (Å²) >= 11 is 0. The Bertz CT molecular complexity index is 1190. The normalized spacial score (nSPS) is 15.4. The Morgan fingerprint density at radius 2 is 1.75 bits per heavy atom. The number of ether oxygens (including phenoxy) is 1. The standard InChI is InChI=1S/C27H31NO4/c1-5-7-8-13-28-23(19-9-11-20(12-10-19)31-14-6-2)22-24(29)21-16-17(3)15-18(4)25(21)32-26(22)27(28)30/h9-12,15-16,23H,5-8,13-14H2,1-4H3. The summed E-state index contributed by atoms with van der Waals surface area (Å²) in [5.74, 6) is 0.767. The van der Waals surface area contributed by atoms with Gasteiger partial charge in [0.2, 0.25) is 5.76 Å². The second kappa shape index (κ2) is 9.19. The van der Waals surface area contributed by atoms with E-state index in [0.29, 0.717) is 29.7 Å². The third kappa shape index (κ3) is 3.92. The fourth-order valence-electron chi connectivity index (χ4n) is 4.55. The molecule has 0 bridgehead atoms. The van der Waals surface area contributed by atoms with Crippen molar-refractivity contribution in [3.8, 4) is 5.75 Å². The molecule has 2 aromatic carbocycles. The van der Waals surface area contributed by atoms with Gasteiger partial charge in [-0.05, 0) is 61.6 Å². The number of aryl methyl sites for hydroxylation is 2. The van der Waals surface area contributed by atoms with Crippen LogP contribution >= 0.6 is 0 Å². The van der Waals surface area contributed by atoms with Crippen molar-refractivity contribution in [3.05, 3.63) is 74.6 Å². The van der Waals surface area contributed by atoms with E-state index in [2.05, 4.69) is 13.8 Å². The lowest BCUT2D eigenvalue weighted by atomic mass is 9.97. The summed E-state index contributed by atoms with van der Waals surface area (Å²) in [4.78, 5) is 28.9. The van der Waals surface area contributed by atoms with E-state index in [4.69, 9.17) is 9.15 Å². The van der Waals surface area contributed by atoms with E-state index in [9.17, 15) is 9.59 Å². The van der Waals surface area contributed by atoms with Crippen LogP contribution in [0.15, 0.2) is 45.6 Å². The molecule has 0 fully saturated rings. The molecule has 4 rings (SSSR count). The predicted molar refractivity (Wildman–Crippen MR) is 127 cm³/mol. The smallest absolute Gasteiger partial charge is 0.290 e. The molecular weight excluding hydrogens is 402 g/mol. The van der Waals surface area contributed by atoms with E-state index in [1.165, 1.54) is 0 Å². The Morgan fingerprint density at radius 1 is 1.00 bits per heavy atom. The van der Waals surface area contributed by atoms with Gasteiger partial charge in [0.05, 0.1) is 23.6 Å². The summed E-state index contributed by atoms with van der Waals surface area (Å²) in [6.45, 7) is 9.32. The minimum Gasteiger partial charge on any atom is -0.494 e. The van der Waals surface area contributed by atoms with Crippen molar-refractivity contribution in [3.63, 3.8) is 0 Å². The van der Waals surface area contributed by atoms with Crippen LogP contribution in [0.1, 0.15) is 78.4 Å². The maximum atomic E-state index is 13.7. The lowest BCUT2D eigenvalue weighted by Crippen LogP contribution is -2.30. The zero-order valence-electron chi connectivity index (χ0n) is 19.4. The Balaban J connectivity index is 1.85. The van der Waals surface area contributed by atoms with Gasteiger partial charge in [-0.1, -0.05) is 44.9 Å². The molecule has 1 aromatic heterocycles. The van der Waals surface area contributed by atoms with Crippen LogP contribution in [0.5, 0.6) is 5.75 Å². The van der Waals surface area contributed by atoms with Crippen molar-refractivity contribution >= 4 is 16.9 Å². The maximum Gasteiger partial charge on any atom is 0.290 e. The van der Waals surface area contributed by atoms with Gasteiger partial charge in [-0.3, -0.25) is 9.59 Å². The zero-order chi connectivity index (χ0) is 22.8. The Labute approximate surface area is 189 Å². The summed E-state index contributed by atoms with van der Waals surface area (Å²) in [5.41, 5.74) is 3.60. The third-order valence-electron chi connectivity index (χ3n) is 6.07. The largest absolute Gasteiger partial charge is 0.494 e. The summed E-state index contributed by atoms with van der Waals surface area (Å²) in [6.07, 6.45) is 3.90. The highest BCUT2D eigenvalue weighted by atomic mass is 16.5. The van der Waals surface area contributed by atoms with E-state index >= 15 is 0 Å². The van der Waals surface area contributed by atoms with Gasteiger partial charge in [0.1, 0.15) is 11.3 Å². The molecule has 32 heavy (non-hydrogen) atoms. The fraction of sp³-hybridized carbons (Fsp3) is 0.407. The van der Waals surface area contributed by atoms with Crippen LogP contribution in [-0.4, -0.2) is 24.0 Å². The number of carbonyl (C=O) groups is 1. The van der Waals surface area contributed by atoms with Crippen molar-refractivity contribution in [1.29, 1.82) is 0 Å². The molecule has 2 heterocycles. The number of rotatable bonds is 8. The molecule has 5 heteroatoms. The van der Waals surface area contributed by atoms with E-state index in [1.807, 2.05) is 50.2 Å². The molecule has 1 unspecified atom stereocenters. The zero-order valence-corrected chi connectivity index (χ0v) is 19.4. The summed E-state index contributed by atoms with van der Waals surface area (Å²) in [6, 6.07) is 11.1. The molecule has 1 atom stereocenters. The van der Waals surface area contributed by atoms with Gasteiger partial charge >= 0.3 is 0 Å². The van der Waals surface area contributed by atoms with Gasteiger partial charge in [-0.15, -0.1) is 0 Å². The summed E-state index contributed by atoms with van der Waals surface area (Å²) < 4.78 is 11.8. The first-order valence-corrected chi connectivity index (χ1v) is 11.6. The molecule has 168 valence electrons. The molecule has 0 aliphatic carbocycles. The average molecular weight is 434 g/mol. The number of nitrogens with zero attached hydrogens (tertiary/aromatic N) is 1. The second-order valence-corrected chi connectivity index (χ2v) is 8.66. The molecule has 1 amide bonds. The van der Waals surface area contributed by atoms with Gasteiger partial charge in [-0.2, -0.15) is 0 Å². The lowest BCUT2D eigenvalue weighted by molar-refractivity contribution is 0.0724. The molecule has 1 aliphatic heterocycles. The molecule has 0 saturated heterocycles. The molecular formula is C27H31NO4. The Kier molecular flexibility index (Phi) is 6.35. The monoisotopic (exact) mass is 433 g/mol. The van der Waals surface area contributed by atoms with Crippen LogP contribution in [0.2, 0.25) is 0 Å². The average Bonchev–Trinajstić information content (AvgIpc) is 3.06. The summed E-state index contributed by atoms with van der Waals surface area (Å²) in [5, 5.41) is 0.539. The van der Waals surface area contributed by atoms with Crippen molar-refractivity contribution in [1.82, 2.24) is 4.90 Å². The molecule has 3 aromatic rings. The summed E-state index contributed by atoms with van der Waals surface area (Å²) in [7, 11) is 0. The van der Waals surface area contributed by atoms with Crippen LogP contribution in [0.25, 0.3) is 11.0 Å². The van der Waals surface area contributed by atoms with Crippen molar-refractivity contribution in [2.45, 2.75) is 59.4 Å². The highest BCUT2D eigenvalue weighted by molar-refractivity contribution is 5.99. The molecule has 0 radical (unpaired) electrons. The van der Waals surface area contributed by atoms with Crippen molar-refractivity contribution < 1.29 is 13.9 Å². The number of hydrogen-bond donors (Lipinski definition) is 0. The molecule has 0 spiro atoms. The first-order valence-electron chi connectivity index (χ1n) is 11.6. The van der Waals surface area contributed by atoms with Crippen LogP contribution < -0.4 is 10.2 Å². The van der Waals surface area contributed by atoms with E-state index in [-0.39, 0.29) is 17.1 Å². The quantitative estimate of drug-likeness (QED) is 0.413. The first kappa shape index (κ1) is 22.1. The second-order valence-electron chi connectivity index (χ2n) is 8.66. The lowest BCUT2D eigenvalue weighted by Gasteiger charge is -2.25. The minimum atomic E-state index is -0.448. The number of hydrogen-bond acceptors (Lipinski definition) is 4. The predicted octanol–water partition coefficient (Wildman–Crippen LogP) is 5.93. The van der Waals surface area contributed by atoms with Crippen LogP contribution in [0.3, 0.4) is 0 Å². The van der Waals surface area contributed by atoms with Gasteiger partial charge < -0.3 is 14.1 Å². The number of amides is 1. The number of unbranched alkanes of at least 4 members (excludes halogenated alkanes) is 2. The number of fused-ring (bicyclic) bond motifs is 2. The SMILES string of the molecule is CCCCCN1C(=O)c2oc3c(C)cc(C)cc3c(=O)c2C1c1ccc(OCCC)cc1. The van der Waals surface area contributed by atoms with E-state index < -0.39 is 6.04 Å². The molecule has 0 N–H and O–H groups in total. The van der Waals surface area contributed by atoms with Crippen molar-refractivity contribution in [2.75, 3.05) is 13.2 Å². The van der Waals surface area contributed by atoms with Crippen LogP contribution in [0.4, 0.5) is 0 Å². The number of carbonyl (C=O) groups excluding carboxylic acids is 1. The third-order valence-corrected chi connectivity index (χ3v) is 6.07. The van der Waals surface area contributed by atoms with E-state index in [0.717, 1.165) is 48.1 Å². The highest BCUT2D eigenvalue weighted by Crippen LogP contribution is 2.39. The van der Waals surface area contributed by atoms with E-state index in [1.54, 1.807) is 4.90 Å². The first-order chi connectivity index (χ1) is 15.5. The van der Waals surface area contributed by atoms with Gasteiger partial charge in [0.15, 0.2) is 5.43 Å². The molecule has 5 nitrogen and oxygen atoms in total. The Morgan fingerprint density at radius 3 is 2.44 bits per heavy atom.